The van der Waals surface area contributed by atoms with Crippen LogP contribution in [0.2, 0.25) is 0 Å². The fraction of sp³-hybridized carbons (Fsp3) is 0.415. The van der Waals surface area contributed by atoms with Crippen LogP contribution < -0.4 is 31.9 Å². The summed E-state index contributed by atoms with van der Waals surface area (Å²) >= 11 is 1.24. The van der Waals surface area contributed by atoms with Crippen molar-refractivity contribution in [1.82, 2.24) is 51.6 Å². The van der Waals surface area contributed by atoms with Crippen LogP contribution in [0.25, 0.3) is 10.9 Å². The largest absolute Gasteiger partial charge is 0.508 e. The molecule has 5 rings (SSSR count). The molecule has 3 aromatic carbocycles. The number of aromatic nitrogens is 1. The van der Waals surface area contributed by atoms with Gasteiger partial charge in [-0.1, -0.05) is 48.4 Å². The van der Waals surface area contributed by atoms with Crippen LogP contribution in [0.4, 0.5) is 0 Å². The number of hydrogen-bond acceptors (Lipinski definition) is 14. The smallest absolute Gasteiger partial charge is 0.247 e. The molecule has 6 atom stereocenters. The monoisotopic (exact) mass is 1080 g/mol. The number of thioether (sulfide) groups is 1. The lowest BCUT2D eigenvalue weighted by molar-refractivity contribution is -0.150. The van der Waals surface area contributed by atoms with Gasteiger partial charge in [0.25, 0.3) is 0 Å². The van der Waals surface area contributed by atoms with Crippen molar-refractivity contribution in [2.45, 2.75) is 74.0 Å². The Morgan fingerprint density at radius 3 is 2.03 bits per heavy atom. The van der Waals surface area contributed by atoms with Crippen LogP contribution in [0, 0.1) is 11.8 Å². The number of benzene rings is 3. The Labute approximate surface area is 449 Å². The van der Waals surface area contributed by atoms with Gasteiger partial charge in [-0.2, -0.15) is 0 Å². The van der Waals surface area contributed by atoms with Crippen molar-refractivity contribution in [2.75, 3.05) is 66.8 Å². The molecule has 0 bridgehead atoms. The van der Waals surface area contributed by atoms with E-state index in [2.05, 4.69) is 48.7 Å². The first-order chi connectivity index (χ1) is 36.8. The average molecular weight is 1080 g/mol. The number of phenolic OH excluding ortho intramolecular Hbond substituents is 2. The summed E-state index contributed by atoms with van der Waals surface area (Å²) in [4.78, 5) is 129. The molecular formula is C53H66N10O13S. The zero-order valence-electron chi connectivity index (χ0n) is 43.2. The fourth-order valence-electron chi connectivity index (χ4n) is 8.46. The Hall–Kier alpha value is -8.14. The molecule has 1 aliphatic heterocycles. The van der Waals surface area contributed by atoms with Crippen LogP contribution in [0.5, 0.6) is 11.5 Å². The van der Waals surface area contributed by atoms with Crippen LogP contribution in [0.15, 0.2) is 79.0 Å². The van der Waals surface area contributed by atoms with E-state index in [9.17, 15) is 63.6 Å². The second-order valence-corrected chi connectivity index (χ2v) is 19.4. The van der Waals surface area contributed by atoms with Gasteiger partial charge in [0, 0.05) is 69.8 Å². The Morgan fingerprint density at radius 1 is 0.688 bits per heavy atom. The lowest BCUT2D eigenvalue weighted by atomic mass is 10.0. The summed E-state index contributed by atoms with van der Waals surface area (Å²) in [5.41, 5.74) is 2.72. The summed E-state index contributed by atoms with van der Waals surface area (Å²) in [6, 6.07) is 12.5. The summed E-state index contributed by atoms with van der Waals surface area (Å²) in [6.07, 6.45) is 1.83. The molecule has 6 unspecified atom stereocenters. The zero-order valence-corrected chi connectivity index (χ0v) is 44.0. The molecule has 0 saturated carbocycles. The molecule has 0 fully saturated rings. The summed E-state index contributed by atoms with van der Waals surface area (Å²) < 4.78 is 0. The van der Waals surface area contributed by atoms with Gasteiger partial charge in [0.1, 0.15) is 41.7 Å². The van der Waals surface area contributed by atoms with Gasteiger partial charge in [-0.15, -0.1) is 17.7 Å². The SMILES string of the molecule is CNC(=O)C1C(Cc2c[nH]c3ccc(O)cc23)SCC#CCCC(=O)NC(Cc2ccc(O)cc2)C(=O)NC(CO)C(=O)N(C)C(CCc2ccccc2)C(=O)N(C)C(CO)C(=O)NCC(=O)NCC(=O)NCC(=O)N1C. The van der Waals surface area contributed by atoms with Gasteiger partial charge in [0.2, 0.25) is 53.2 Å². The highest BCUT2D eigenvalue weighted by Crippen LogP contribution is 2.29. The number of aryl methyl sites for hydroxylation is 1. The Kier molecular flexibility index (Phi) is 22.7. The van der Waals surface area contributed by atoms with Gasteiger partial charge in [-0.3, -0.25) is 43.2 Å². The quantitative estimate of drug-likeness (QED) is 0.0800. The van der Waals surface area contributed by atoms with E-state index in [1.807, 2.05) is 0 Å². The van der Waals surface area contributed by atoms with E-state index in [0.29, 0.717) is 22.0 Å². The number of aromatic amines is 1. The zero-order chi connectivity index (χ0) is 56.2. The Balaban J connectivity index is 1.45. The molecule has 0 spiro atoms. The molecule has 0 radical (unpaired) electrons. The van der Waals surface area contributed by atoms with Crippen molar-refractivity contribution >= 4 is 75.8 Å². The third-order valence-electron chi connectivity index (χ3n) is 12.9. The highest BCUT2D eigenvalue weighted by Gasteiger charge is 2.38. The number of aromatic hydroxyl groups is 2. The predicted octanol–water partition coefficient (Wildman–Crippen LogP) is -1.57. The topological polar surface area (TPSA) is 332 Å². The van der Waals surface area contributed by atoms with Gasteiger partial charge in [-0.05, 0) is 66.3 Å². The first-order valence-corrected chi connectivity index (χ1v) is 25.7. The number of carbonyl (C=O) groups excluding carboxylic acids is 9. The van der Waals surface area contributed by atoms with Crippen molar-refractivity contribution in [3.8, 4) is 23.3 Å². The number of likely N-dealkylation sites (N-methyl/N-ethyl adjacent to an activating group) is 4. The fourth-order valence-corrected chi connectivity index (χ4v) is 9.65. The lowest BCUT2D eigenvalue weighted by Crippen LogP contribution is -2.60. The molecule has 24 heteroatoms. The second kappa shape index (κ2) is 29.2. The lowest BCUT2D eigenvalue weighted by Gasteiger charge is -2.35. The molecule has 412 valence electrons. The third kappa shape index (κ3) is 17.2. The highest BCUT2D eigenvalue weighted by atomic mass is 32.2. The maximum Gasteiger partial charge on any atom is 0.247 e. The molecular weight excluding hydrogens is 1020 g/mol. The van der Waals surface area contributed by atoms with E-state index < -0.39 is 121 Å². The minimum atomic E-state index is -1.65. The predicted molar refractivity (Wildman–Crippen MR) is 284 cm³/mol. The van der Waals surface area contributed by atoms with E-state index >= 15 is 0 Å². The average Bonchev–Trinajstić information content (AvgIpc) is 3.82. The number of carbonyl (C=O) groups is 9. The number of nitrogens with one attached hydrogen (secondary N) is 7. The van der Waals surface area contributed by atoms with E-state index in [1.165, 1.54) is 75.2 Å². The molecule has 1 aromatic heterocycles. The van der Waals surface area contributed by atoms with Gasteiger partial charge in [-0.25, -0.2) is 0 Å². The molecule has 0 saturated heterocycles. The number of amides is 9. The van der Waals surface area contributed by atoms with Crippen molar-refractivity contribution in [3.63, 3.8) is 0 Å². The normalized spacial score (nSPS) is 21.9. The minimum absolute atomic E-state index is 0.00795. The first kappa shape index (κ1) is 59.7. The molecule has 77 heavy (non-hydrogen) atoms. The Bertz CT molecular complexity index is 2800. The summed E-state index contributed by atoms with van der Waals surface area (Å²) in [5, 5.41) is 56.0. The van der Waals surface area contributed by atoms with Gasteiger partial charge in [0.15, 0.2) is 0 Å². The van der Waals surface area contributed by atoms with E-state index in [4.69, 9.17) is 0 Å². The van der Waals surface area contributed by atoms with Crippen LogP contribution in [0.3, 0.4) is 0 Å². The molecule has 11 N–H and O–H groups in total. The second-order valence-electron chi connectivity index (χ2n) is 18.2. The van der Waals surface area contributed by atoms with Crippen LogP contribution in [0.1, 0.15) is 36.0 Å². The van der Waals surface area contributed by atoms with Crippen LogP contribution >= 0.6 is 11.8 Å². The number of rotatable bonds is 10. The third-order valence-corrected chi connectivity index (χ3v) is 14.1. The number of hydrogen-bond donors (Lipinski definition) is 11. The number of aliphatic hydroxyl groups is 2. The summed E-state index contributed by atoms with van der Waals surface area (Å²) in [5.74, 6) is -1.02. The molecule has 1 aliphatic rings. The molecule has 9 amide bonds. The standard InChI is InChI=1S/C53H66N10O13S/c1-54-51(74)48-43(24-34-26-55-38-20-19-36(67)25-37(34)38)77-22-10-6-9-13-44(68)59-39(23-33-14-17-35(66)18-15-33)49(72)60-40(30-64)52(75)61(2)41(21-16-32-11-7-5-8-12-32)53(76)62(3)42(31-65)50(73)58-28-46(70)56-27-45(69)57-29-47(71)63(48)4/h5,7-8,11-12,14-15,17-20,25-26,39-43,48,55,64-67H,9,13,16,21-24,27-31H2,1-4H3,(H,54,74)(H,56,70)(H,57,69)(H,58,73)(H,59,68)(H,60,72). The first-order valence-electron chi connectivity index (χ1n) is 24.7. The molecule has 23 nitrogen and oxygen atoms in total. The van der Waals surface area contributed by atoms with E-state index in [0.717, 1.165) is 15.4 Å². The molecule has 2 heterocycles. The summed E-state index contributed by atoms with van der Waals surface area (Å²) in [6.45, 7) is -3.78. The van der Waals surface area contributed by atoms with Crippen molar-refractivity contribution in [3.05, 3.63) is 95.7 Å². The summed E-state index contributed by atoms with van der Waals surface area (Å²) in [7, 11) is 5.29. The number of phenols is 2. The minimum Gasteiger partial charge on any atom is -0.508 e. The number of fused-ring (bicyclic) bond motifs is 1. The van der Waals surface area contributed by atoms with Crippen LogP contribution in [-0.4, -0.2) is 196 Å². The van der Waals surface area contributed by atoms with Gasteiger partial charge < -0.3 is 72.0 Å². The highest BCUT2D eigenvalue weighted by molar-refractivity contribution is 8.00. The van der Waals surface area contributed by atoms with E-state index in [-0.39, 0.29) is 55.8 Å². The van der Waals surface area contributed by atoms with Crippen molar-refractivity contribution in [2.24, 2.45) is 0 Å². The Morgan fingerprint density at radius 2 is 1.35 bits per heavy atom. The van der Waals surface area contributed by atoms with Crippen molar-refractivity contribution in [1.29, 1.82) is 0 Å². The van der Waals surface area contributed by atoms with Crippen LogP contribution in [-0.2, 0) is 62.4 Å². The number of aliphatic hydroxyl groups excluding tert-OH is 2. The molecule has 4 aromatic rings. The van der Waals surface area contributed by atoms with E-state index in [1.54, 1.807) is 48.7 Å². The maximum atomic E-state index is 14.4. The maximum absolute atomic E-state index is 14.4. The molecule has 0 aliphatic carbocycles. The van der Waals surface area contributed by atoms with Gasteiger partial charge in [0.05, 0.1) is 38.6 Å². The van der Waals surface area contributed by atoms with Crippen molar-refractivity contribution < 1.29 is 63.6 Å². The van der Waals surface area contributed by atoms with Gasteiger partial charge >= 0.3 is 0 Å². The number of H-pyrrole nitrogens is 1. The number of nitrogens with zero attached hydrogens (tertiary/aromatic N) is 3.